The summed E-state index contributed by atoms with van der Waals surface area (Å²) in [5.41, 5.74) is 2.24. The molecule has 0 bridgehead atoms. The van der Waals surface area contributed by atoms with E-state index < -0.39 is 11.6 Å². The van der Waals surface area contributed by atoms with E-state index in [0.29, 0.717) is 36.7 Å². The minimum absolute atomic E-state index is 0.119. The first-order valence-electron chi connectivity index (χ1n) is 8.98. The Morgan fingerprint density at radius 3 is 2.82 bits per heavy atom. The topological polar surface area (TPSA) is 87.7 Å². The Morgan fingerprint density at radius 1 is 1.21 bits per heavy atom. The van der Waals surface area contributed by atoms with E-state index in [1.54, 1.807) is 12.4 Å². The highest BCUT2D eigenvalue weighted by Gasteiger charge is 2.32. The molecule has 1 atom stereocenters. The van der Waals surface area contributed by atoms with Crippen molar-refractivity contribution in [2.24, 2.45) is 5.92 Å². The summed E-state index contributed by atoms with van der Waals surface area (Å²) in [6.07, 6.45) is 5.01. The summed E-state index contributed by atoms with van der Waals surface area (Å²) in [5, 5.41) is 14.7. The van der Waals surface area contributed by atoms with Crippen LogP contribution in [0.3, 0.4) is 0 Å². The summed E-state index contributed by atoms with van der Waals surface area (Å²) in [6, 6.07) is 3.74. The maximum Gasteiger partial charge on any atom is 0.251 e. The molecular formula is C19H18F2N6O. The Hall–Kier alpha value is -3.23. The first kappa shape index (κ1) is 18.1. The summed E-state index contributed by atoms with van der Waals surface area (Å²) < 4.78 is 26.6. The standard InChI is InChI=1S/C19H18F2N6O/c1-11-9-22-23-10-14(11)17-24-19(26-25-17)27-6-2-3-13(18(27)28)7-12-4-5-15(20)16(21)8-12/h4-5,8-10,13H,2-3,6-7H2,1H3,(H,24,25,26). The monoisotopic (exact) mass is 384 g/mol. The van der Waals surface area contributed by atoms with Gasteiger partial charge in [-0.2, -0.15) is 15.2 Å². The second-order valence-corrected chi connectivity index (χ2v) is 6.85. The highest BCUT2D eigenvalue weighted by molar-refractivity contribution is 5.94. The average molecular weight is 384 g/mol. The van der Waals surface area contributed by atoms with E-state index in [4.69, 9.17) is 0 Å². The second-order valence-electron chi connectivity index (χ2n) is 6.85. The highest BCUT2D eigenvalue weighted by Crippen LogP contribution is 2.27. The number of carbonyl (C=O) groups is 1. The molecule has 0 aliphatic carbocycles. The van der Waals surface area contributed by atoms with Gasteiger partial charge in [0.1, 0.15) is 0 Å². The van der Waals surface area contributed by atoms with Crippen LogP contribution in [0, 0.1) is 24.5 Å². The third-order valence-corrected chi connectivity index (χ3v) is 4.92. The molecule has 1 fully saturated rings. The van der Waals surface area contributed by atoms with Crippen LogP contribution in [-0.2, 0) is 11.2 Å². The van der Waals surface area contributed by atoms with Crippen molar-refractivity contribution >= 4 is 11.9 Å². The molecule has 28 heavy (non-hydrogen) atoms. The fourth-order valence-electron chi connectivity index (χ4n) is 3.41. The third kappa shape index (κ3) is 3.47. The number of benzene rings is 1. The van der Waals surface area contributed by atoms with Crippen LogP contribution < -0.4 is 4.90 Å². The van der Waals surface area contributed by atoms with Gasteiger partial charge in [-0.25, -0.2) is 8.78 Å². The van der Waals surface area contributed by atoms with E-state index >= 15 is 0 Å². The smallest absolute Gasteiger partial charge is 0.251 e. The fourth-order valence-corrected chi connectivity index (χ4v) is 3.41. The maximum atomic E-state index is 13.5. The van der Waals surface area contributed by atoms with Gasteiger partial charge < -0.3 is 0 Å². The molecule has 2 aromatic heterocycles. The van der Waals surface area contributed by atoms with Gasteiger partial charge in [0.15, 0.2) is 17.5 Å². The predicted octanol–water partition coefficient (Wildman–Crippen LogP) is 2.83. The number of aryl methyl sites for hydroxylation is 1. The molecule has 1 saturated heterocycles. The number of hydrogen-bond donors (Lipinski definition) is 1. The summed E-state index contributed by atoms with van der Waals surface area (Å²) in [7, 11) is 0. The number of H-pyrrole nitrogens is 1. The zero-order chi connectivity index (χ0) is 19.7. The Balaban J connectivity index is 1.53. The number of carbonyl (C=O) groups excluding carboxylic acids is 1. The van der Waals surface area contributed by atoms with Crippen molar-refractivity contribution in [1.82, 2.24) is 25.4 Å². The predicted molar refractivity (Wildman–Crippen MR) is 97.3 cm³/mol. The molecule has 0 spiro atoms. The van der Waals surface area contributed by atoms with E-state index in [1.807, 2.05) is 6.92 Å². The maximum absolute atomic E-state index is 13.5. The minimum Gasteiger partial charge on any atom is -0.279 e. The van der Waals surface area contributed by atoms with Crippen LogP contribution in [0.15, 0.2) is 30.6 Å². The Morgan fingerprint density at radius 2 is 2.04 bits per heavy atom. The number of aromatic nitrogens is 5. The number of halogens is 2. The molecule has 144 valence electrons. The number of amides is 1. The molecule has 0 saturated carbocycles. The molecule has 3 heterocycles. The molecule has 9 heteroatoms. The van der Waals surface area contributed by atoms with E-state index in [9.17, 15) is 13.6 Å². The van der Waals surface area contributed by atoms with Crippen LogP contribution in [0.4, 0.5) is 14.7 Å². The largest absolute Gasteiger partial charge is 0.279 e. The fraction of sp³-hybridized carbons (Fsp3) is 0.316. The lowest BCUT2D eigenvalue weighted by Crippen LogP contribution is -2.42. The lowest BCUT2D eigenvalue weighted by Gasteiger charge is -2.30. The Labute approximate surface area is 159 Å². The lowest BCUT2D eigenvalue weighted by molar-refractivity contribution is -0.123. The van der Waals surface area contributed by atoms with Crippen LogP contribution in [-0.4, -0.2) is 37.8 Å². The molecule has 7 nitrogen and oxygen atoms in total. The number of hydrogen-bond acceptors (Lipinski definition) is 5. The molecule has 4 rings (SSSR count). The van der Waals surface area contributed by atoms with Crippen LogP contribution in [0.5, 0.6) is 0 Å². The van der Waals surface area contributed by atoms with Gasteiger partial charge in [-0.3, -0.25) is 14.8 Å². The third-order valence-electron chi connectivity index (χ3n) is 4.92. The van der Waals surface area contributed by atoms with Crippen molar-refractivity contribution < 1.29 is 13.6 Å². The number of anilines is 1. The van der Waals surface area contributed by atoms with E-state index in [2.05, 4.69) is 25.4 Å². The molecule has 0 radical (unpaired) electrons. The first-order chi connectivity index (χ1) is 13.5. The van der Waals surface area contributed by atoms with E-state index in [-0.39, 0.29) is 11.8 Å². The van der Waals surface area contributed by atoms with Gasteiger partial charge in [0.2, 0.25) is 5.91 Å². The van der Waals surface area contributed by atoms with Gasteiger partial charge in [-0.15, -0.1) is 5.10 Å². The molecule has 1 unspecified atom stereocenters. The summed E-state index contributed by atoms with van der Waals surface area (Å²) in [5.74, 6) is -1.44. The molecule has 3 aromatic rings. The Kier molecular flexibility index (Phi) is 4.81. The number of nitrogens with one attached hydrogen (secondary N) is 1. The minimum atomic E-state index is -0.905. The van der Waals surface area contributed by atoms with Gasteiger partial charge >= 0.3 is 0 Å². The SMILES string of the molecule is Cc1cnncc1-c1nc(N2CCCC(Cc3ccc(F)c(F)c3)C2=O)n[nH]1. The van der Waals surface area contributed by atoms with Gasteiger partial charge in [0.05, 0.1) is 12.4 Å². The van der Waals surface area contributed by atoms with Crippen LogP contribution in [0.25, 0.3) is 11.4 Å². The van der Waals surface area contributed by atoms with Gasteiger partial charge in [0.25, 0.3) is 5.95 Å². The van der Waals surface area contributed by atoms with Crippen LogP contribution >= 0.6 is 0 Å². The summed E-state index contributed by atoms with van der Waals surface area (Å²) >= 11 is 0. The van der Waals surface area contributed by atoms with Crippen molar-refractivity contribution in [3.05, 3.63) is 53.4 Å². The first-order valence-corrected chi connectivity index (χ1v) is 8.98. The number of nitrogens with zero attached hydrogens (tertiary/aromatic N) is 5. The highest BCUT2D eigenvalue weighted by atomic mass is 19.2. The quantitative estimate of drug-likeness (QED) is 0.747. The molecule has 1 N–H and O–H groups in total. The molecule has 1 aliphatic rings. The van der Waals surface area contributed by atoms with Gasteiger partial charge in [-0.05, 0) is 49.4 Å². The second kappa shape index (κ2) is 7.41. The van der Waals surface area contributed by atoms with Crippen LogP contribution in [0.2, 0.25) is 0 Å². The number of piperidine rings is 1. The molecule has 1 aromatic carbocycles. The summed E-state index contributed by atoms with van der Waals surface area (Å²) in [4.78, 5) is 18.9. The van der Waals surface area contributed by atoms with Crippen LogP contribution in [0.1, 0.15) is 24.0 Å². The van der Waals surface area contributed by atoms with Crippen molar-refractivity contribution in [3.8, 4) is 11.4 Å². The van der Waals surface area contributed by atoms with Gasteiger partial charge in [-0.1, -0.05) is 6.07 Å². The molecular weight excluding hydrogens is 366 g/mol. The van der Waals surface area contributed by atoms with Crippen molar-refractivity contribution in [1.29, 1.82) is 0 Å². The molecule has 1 aliphatic heterocycles. The van der Waals surface area contributed by atoms with Gasteiger partial charge in [0, 0.05) is 18.0 Å². The summed E-state index contributed by atoms with van der Waals surface area (Å²) in [6.45, 7) is 2.40. The lowest BCUT2D eigenvalue weighted by atomic mass is 9.90. The number of rotatable bonds is 4. The average Bonchev–Trinajstić information content (AvgIpc) is 3.16. The molecule has 1 amide bonds. The van der Waals surface area contributed by atoms with Crippen molar-refractivity contribution in [3.63, 3.8) is 0 Å². The Bertz CT molecular complexity index is 1020. The van der Waals surface area contributed by atoms with E-state index in [0.717, 1.165) is 29.7 Å². The zero-order valence-corrected chi connectivity index (χ0v) is 15.2. The number of aromatic amines is 1. The van der Waals surface area contributed by atoms with Crippen molar-refractivity contribution in [2.45, 2.75) is 26.2 Å². The van der Waals surface area contributed by atoms with E-state index in [1.165, 1.54) is 11.0 Å². The normalized spacial score (nSPS) is 17.2. The van der Waals surface area contributed by atoms with Crippen molar-refractivity contribution in [2.75, 3.05) is 11.4 Å². The zero-order valence-electron chi connectivity index (χ0n) is 15.2.